The van der Waals surface area contributed by atoms with Crippen molar-refractivity contribution in [2.45, 2.75) is 32.5 Å². The van der Waals surface area contributed by atoms with Gasteiger partial charge in [-0.25, -0.2) is 0 Å². The highest BCUT2D eigenvalue weighted by Crippen LogP contribution is 2.09. The Morgan fingerprint density at radius 2 is 0.897 bits per heavy atom. The van der Waals surface area contributed by atoms with Crippen molar-refractivity contribution in [3.8, 4) is 0 Å². The van der Waals surface area contributed by atoms with Crippen LogP contribution in [0.2, 0.25) is 0 Å². The average molecular weight is 537 g/mol. The van der Waals surface area contributed by atoms with E-state index in [0.717, 1.165) is 95.8 Å². The van der Waals surface area contributed by atoms with E-state index < -0.39 is 0 Å². The van der Waals surface area contributed by atoms with Gasteiger partial charge >= 0.3 is 11.9 Å². The first-order valence-corrected chi connectivity index (χ1v) is 14.4. The Kier molecular flexibility index (Phi) is 12.2. The maximum Gasteiger partial charge on any atom is 0.320 e. The number of carbonyl (C=O) groups excluding carboxylic acids is 2. The van der Waals surface area contributed by atoms with Crippen molar-refractivity contribution in [2.24, 2.45) is 0 Å². The molecule has 0 aromatic heterocycles. The van der Waals surface area contributed by atoms with Gasteiger partial charge in [0.05, 0.1) is 13.1 Å². The zero-order chi connectivity index (χ0) is 27.1. The first kappa shape index (κ1) is 29.2. The van der Waals surface area contributed by atoms with E-state index in [0.29, 0.717) is 26.3 Å². The van der Waals surface area contributed by atoms with Gasteiger partial charge in [-0.05, 0) is 56.6 Å². The average Bonchev–Trinajstić information content (AvgIpc) is 3.03. The molecular formula is C31H44N4O4. The molecule has 0 N–H and O–H groups in total. The largest absolute Gasteiger partial charge is 0.460 e. The van der Waals surface area contributed by atoms with E-state index >= 15 is 0 Å². The van der Waals surface area contributed by atoms with Gasteiger partial charge in [-0.1, -0.05) is 60.7 Å². The van der Waals surface area contributed by atoms with Gasteiger partial charge in [0.25, 0.3) is 0 Å². The van der Waals surface area contributed by atoms with Crippen LogP contribution in [0.4, 0.5) is 0 Å². The number of hydrogen-bond acceptors (Lipinski definition) is 8. The molecule has 2 aromatic rings. The Morgan fingerprint density at radius 3 is 1.31 bits per heavy atom. The summed E-state index contributed by atoms with van der Waals surface area (Å²) in [4.78, 5) is 34.8. The normalized spacial score (nSPS) is 21.9. The van der Waals surface area contributed by atoms with Gasteiger partial charge in [0.15, 0.2) is 0 Å². The predicted octanol–water partition coefficient (Wildman–Crippen LogP) is 2.88. The zero-order valence-electron chi connectivity index (χ0n) is 23.2. The molecule has 2 atom stereocenters. The van der Waals surface area contributed by atoms with Gasteiger partial charge in [0.1, 0.15) is 13.2 Å². The summed E-state index contributed by atoms with van der Waals surface area (Å²) in [6.07, 6.45) is 3.15. The fourth-order valence-corrected chi connectivity index (χ4v) is 5.26. The number of ether oxygens (including phenoxy) is 2. The molecular weight excluding hydrogens is 492 g/mol. The third kappa shape index (κ3) is 11.1. The van der Waals surface area contributed by atoms with Gasteiger partial charge in [-0.2, -0.15) is 0 Å². The van der Waals surface area contributed by atoms with E-state index in [1.807, 2.05) is 60.7 Å². The molecule has 39 heavy (non-hydrogen) atoms. The number of carbonyl (C=O) groups is 2. The molecule has 2 heterocycles. The van der Waals surface area contributed by atoms with Gasteiger partial charge in [0, 0.05) is 39.3 Å². The molecule has 2 saturated heterocycles. The summed E-state index contributed by atoms with van der Waals surface area (Å²) in [5.41, 5.74) is 2.02. The molecule has 0 radical (unpaired) electrons. The molecule has 0 amide bonds. The molecule has 2 unspecified atom stereocenters. The lowest BCUT2D eigenvalue weighted by Crippen LogP contribution is -2.42. The molecule has 0 spiro atoms. The number of nitrogens with zero attached hydrogens (tertiary/aromatic N) is 4. The van der Waals surface area contributed by atoms with Crippen LogP contribution >= 0.6 is 0 Å². The first-order chi connectivity index (χ1) is 19.1. The van der Waals surface area contributed by atoms with Crippen molar-refractivity contribution < 1.29 is 19.1 Å². The van der Waals surface area contributed by atoms with Crippen LogP contribution in [0.5, 0.6) is 0 Å². The highest BCUT2D eigenvalue weighted by atomic mass is 16.5. The lowest BCUT2D eigenvalue weighted by molar-refractivity contribution is -0.147. The highest BCUT2D eigenvalue weighted by Gasteiger charge is 2.20. The van der Waals surface area contributed by atoms with Crippen LogP contribution in [0.1, 0.15) is 30.4 Å². The Bertz CT molecular complexity index is 911. The highest BCUT2D eigenvalue weighted by molar-refractivity contribution is 5.72. The summed E-state index contributed by atoms with van der Waals surface area (Å²) in [6.45, 7) is 10.7. The Labute approximate surface area is 233 Å². The van der Waals surface area contributed by atoms with E-state index in [2.05, 4.69) is 19.6 Å². The molecule has 0 saturated carbocycles. The molecule has 2 fully saturated rings. The van der Waals surface area contributed by atoms with Crippen molar-refractivity contribution >= 4 is 11.9 Å². The van der Waals surface area contributed by atoms with Gasteiger partial charge in [-0.3, -0.25) is 19.4 Å². The summed E-state index contributed by atoms with van der Waals surface area (Å²) in [5, 5.41) is 0. The number of fused-ring (bicyclic) bond motifs is 4. The van der Waals surface area contributed by atoms with Gasteiger partial charge < -0.3 is 19.3 Å². The van der Waals surface area contributed by atoms with Crippen LogP contribution in [-0.4, -0.2) is 110 Å². The van der Waals surface area contributed by atoms with Gasteiger partial charge in [0.2, 0.25) is 0 Å². The minimum atomic E-state index is -0.159. The van der Waals surface area contributed by atoms with Crippen LogP contribution in [0, 0.1) is 0 Å². The summed E-state index contributed by atoms with van der Waals surface area (Å²) in [7, 11) is 0. The van der Waals surface area contributed by atoms with Crippen molar-refractivity contribution in [2.75, 3.05) is 78.5 Å². The molecule has 2 aromatic carbocycles. The summed E-state index contributed by atoms with van der Waals surface area (Å²) >= 11 is 0. The van der Waals surface area contributed by atoms with Crippen LogP contribution in [0.3, 0.4) is 0 Å². The Morgan fingerprint density at radius 1 is 0.513 bits per heavy atom. The van der Waals surface area contributed by atoms with Crippen molar-refractivity contribution in [3.63, 3.8) is 0 Å². The second kappa shape index (κ2) is 16.4. The monoisotopic (exact) mass is 536 g/mol. The van der Waals surface area contributed by atoms with Gasteiger partial charge in [-0.15, -0.1) is 0 Å². The first-order valence-electron chi connectivity index (χ1n) is 14.4. The Hall–Kier alpha value is -2.78. The van der Waals surface area contributed by atoms with Crippen LogP contribution in [0.15, 0.2) is 60.7 Å². The summed E-state index contributed by atoms with van der Waals surface area (Å²) in [6, 6.07) is 19.7. The van der Waals surface area contributed by atoms with E-state index in [9.17, 15) is 9.59 Å². The lowest BCUT2D eigenvalue weighted by atomic mass is 10.2. The fourth-order valence-electron chi connectivity index (χ4n) is 5.26. The molecule has 4 rings (SSSR count). The van der Waals surface area contributed by atoms with E-state index in [-0.39, 0.29) is 11.9 Å². The van der Waals surface area contributed by atoms with Crippen molar-refractivity contribution in [3.05, 3.63) is 71.8 Å². The van der Waals surface area contributed by atoms with Crippen LogP contribution < -0.4 is 0 Å². The third-order valence-corrected chi connectivity index (χ3v) is 7.50. The molecule has 212 valence electrons. The fraction of sp³-hybridized carbons (Fsp3) is 0.548. The minimum absolute atomic E-state index is 0.159. The molecule has 2 aliphatic rings. The van der Waals surface area contributed by atoms with Crippen LogP contribution in [-0.2, 0) is 32.3 Å². The number of rotatable bonds is 8. The molecule has 8 heteroatoms. The molecule has 8 nitrogen and oxygen atoms in total. The number of hydrogen-bond donors (Lipinski definition) is 0. The van der Waals surface area contributed by atoms with E-state index in [1.165, 1.54) is 0 Å². The maximum absolute atomic E-state index is 12.6. The summed E-state index contributed by atoms with van der Waals surface area (Å²) < 4.78 is 11.1. The third-order valence-electron chi connectivity index (χ3n) is 7.50. The molecule has 0 aliphatic carbocycles. The topological polar surface area (TPSA) is 65.6 Å². The lowest BCUT2D eigenvalue weighted by Gasteiger charge is -2.29. The minimum Gasteiger partial charge on any atom is -0.460 e. The molecule has 2 bridgehead atoms. The second-order valence-electron chi connectivity index (χ2n) is 10.6. The van der Waals surface area contributed by atoms with Crippen molar-refractivity contribution in [1.82, 2.24) is 19.6 Å². The van der Waals surface area contributed by atoms with E-state index in [4.69, 9.17) is 9.47 Å². The maximum atomic E-state index is 12.6. The Balaban J connectivity index is 1.26. The van der Waals surface area contributed by atoms with Crippen molar-refractivity contribution in [1.29, 1.82) is 0 Å². The quantitative estimate of drug-likeness (QED) is 0.478. The van der Waals surface area contributed by atoms with Crippen LogP contribution in [0.25, 0.3) is 0 Å². The smallest absolute Gasteiger partial charge is 0.320 e. The number of esters is 2. The van der Waals surface area contributed by atoms with E-state index in [1.54, 1.807) is 0 Å². The predicted molar refractivity (Wildman–Crippen MR) is 152 cm³/mol. The zero-order valence-corrected chi connectivity index (χ0v) is 23.2. The standard InChI is InChI=1S/C31H44N4O4/c36-30(38-26-28-10-3-1-4-11-28)24-34-18-8-16-33-15-7-14-32(20-22-34)17-9-19-35(23-21-33)25-31(37)39-27-29-12-5-2-6-13-29/h1-6,10-13H,7-9,14-27H2. The number of benzene rings is 2. The molecule has 2 aliphatic heterocycles. The summed E-state index contributed by atoms with van der Waals surface area (Å²) in [5.74, 6) is -0.318. The second-order valence-corrected chi connectivity index (χ2v) is 10.6. The SMILES string of the molecule is O=C(CN1CCCN2CCCN(CCCN(CC(=O)OCc3ccccc3)CC2)CC1)OCc1ccccc1.